The molecule has 1 aliphatic carbocycles. The van der Waals surface area contributed by atoms with Crippen molar-refractivity contribution in [3.8, 4) is 23.0 Å². The minimum atomic E-state index is -0.0540. The predicted molar refractivity (Wildman–Crippen MR) is 168 cm³/mol. The molecule has 0 radical (unpaired) electrons. The first kappa shape index (κ1) is 29.5. The Balaban J connectivity index is 1.83. The summed E-state index contributed by atoms with van der Waals surface area (Å²) >= 11 is 0. The Hall–Kier alpha value is -3.96. The van der Waals surface area contributed by atoms with Crippen LogP contribution in [0.15, 0.2) is 48.5 Å². The van der Waals surface area contributed by atoms with Crippen LogP contribution in [0.5, 0.6) is 23.0 Å². The second-order valence-corrected chi connectivity index (χ2v) is 11.5. The smallest absolute Gasteiger partial charge is 0.126 e. The number of aryl methyl sites for hydroxylation is 4. The van der Waals surface area contributed by atoms with E-state index in [1.165, 1.54) is 16.7 Å². The van der Waals surface area contributed by atoms with Gasteiger partial charge in [0.2, 0.25) is 0 Å². The molecule has 5 nitrogen and oxygen atoms in total. The minimum Gasteiger partial charge on any atom is -0.496 e. The van der Waals surface area contributed by atoms with E-state index in [2.05, 4.69) is 76.2 Å². The number of hydrogen-bond acceptors (Lipinski definition) is 5. The molecule has 0 aliphatic heterocycles. The van der Waals surface area contributed by atoms with Gasteiger partial charge >= 0.3 is 0 Å². The van der Waals surface area contributed by atoms with Gasteiger partial charge in [-0.2, -0.15) is 0 Å². The van der Waals surface area contributed by atoms with E-state index in [0.29, 0.717) is 25.7 Å². The van der Waals surface area contributed by atoms with E-state index in [1.54, 1.807) is 21.3 Å². The molecule has 220 valence electrons. The quantitative estimate of drug-likeness (QED) is 0.240. The Morgan fingerprint density at radius 3 is 0.905 bits per heavy atom. The van der Waals surface area contributed by atoms with Crippen molar-refractivity contribution < 1.29 is 24.1 Å². The summed E-state index contributed by atoms with van der Waals surface area (Å²) < 4.78 is 24.6. The second-order valence-electron chi connectivity index (χ2n) is 11.5. The van der Waals surface area contributed by atoms with E-state index in [-0.39, 0.29) is 13.2 Å². The first-order chi connectivity index (χ1) is 20.2. The highest BCUT2D eigenvalue weighted by molar-refractivity contribution is 5.58. The van der Waals surface area contributed by atoms with E-state index in [9.17, 15) is 5.11 Å². The van der Waals surface area contributed by atoms with Crippen molar-refractivity contribution in [3.05, 3.63) is 115 Å². The number of aliphatic hydroxyl groups excluding tert-OH is 1. The van der Waals surface area contributed by atoms with Crippen LogP contribution >= 0.6 is 0 Å². The average Bonchev–Trinajstić information content (AvgIpc) is 2.92. The molecule has 42 heavy (non-hydrogen) atoms. The Morgan fingerprint density at radius 2 is 0.690 bits per heavy atom. The lowest BCUT2D eigenvalue weighted by Crippen LogP contribution is -2.10. The molecular formula is C37H42O5. The molecule has 5 rings (SSSR count). The minimum absolute atomic E-state index is 0.0540. The van der Waals surface area contributed by atoms with Crippen molar-refractivity contribution in [2.75, 3.05) is 34.5 Å². The third-order valence-corrected chi connectivity index (χ3v) is 8.02. The summed E-state index contributed by atoms with van der Waals surface area (Å²) in [5.74, 6) is 3.50. The average molecular weight is 567 g/mol. The molecule has 0 saturated carbocycles. The first-order valence-electron chi connectivity index (χ1n) is 14.6. The Morgan fingerprint density at radius 1 is 0.452 bits per heavy atom. The molecule has 0 atom stereocenters. The van der Waals surface area contributed by atoms with Gasteiger partial charge in [-0.3, -0.25) is 0 Å². The molecule has 0 aromatic heterocycles. The number of hydrogen-bond donors (Lipinski definition) is 1. The van der Waals surface area contributed by atoms with Gasteiger partial charge in [-0.15, -0.1) is 0 Å². The summed E-state index contributed by atoms with van der Waals surface area (Å²) in [4.78, 5) is 0. The number of aliphatic hydroxyl groups is 1. The van der Waals surface area contributed by atoms with Crippen LogP contribution in [0.1, 0.15) is 66.8 Å². The van der Waals surface area contributed by atoms with Gasteiger partial charge in [-0.1, -0.05) is 70.8 Å². The maximum absolute atomic E-state index is 9.70. The summed E-state index contributed by atoms with van der Waals surface area (Å²) in [6.45, 7) is 8.71. The largest absolute Gasteiger partial charge is 0.496 e. The van der Waals surface area contributed by atoms with Gasteiger partial charge in [0.15, 0.2) is 0 Å². The van der Waals surface area contributed by atoms with Crippen molar-refractivity contribution in [1.82, 2.24) is 0 Å². The third kappa shape index (κ3) is 5.98. The number of fused-ring (bicyclic) bond motifs is 8. The SMILES string of the molecule is COc1c2cc(C)cc1Cc1cc(C)cc(c1OC)Cc1cc(C)cc(c1OCCO)Cc1cc(C)cc(c1OC)C2. The molecule has 0 spiro atoms. The molecule has 0 heterocycles. The molecule has 0 fully saturated rings. The van der Waals surface area contributed by atoms with E-state index < -0.39 is 0 Å². The summed E-state index contributed by atoms with van der Waals surface area (Å²) in [6.07, 6.45) is 2.64. The van der Waals surface area contributed by atoms with Gasteiger partial charge < -0.3 is 24.1 Å². The monoisotopic (exact) mass is 566 g/mol. The molecule has 1 N–H and O–H groups in total. The van der Waals surface area contributed by atoms with Crippen LogP contribution in [0.3, 0.4) is 0 Å². The molecule has 0 saturated heterocycles. The van der Waals surface area contributed by atoms with Crippen molar-refractivity contribution in [3.63, 3.8) is 0 Å². The van der Waals surface area contributed by atoms with Gasteiger partial charge in [0, 0.05) is 25.7 Å². The first-order valence-corrected chi connectivity index (χ1v) is 14.6. The molecule has 4 aromatic carbocycles. The lowest BCUT2D eigenvalue weighted by Gasteiger charge is -2.23. The molecule has 5 heteroatoms. The third-order valence-electron chi connectivity index (χ3n) is 8.02. The topological polar surface area (TPSA) is 57.2 Å². The zero-order valence-corrected chi connectivity index (χ0v) is 25.9. The van der Waals surface area contributed by atoms with Crippen molar-refractivity contribution in [2.45, 2.75) is 53.4 Å². The lowest BCUT2D eigenvalue weighted by atomic mass is 9.89. The van der Waals surface area contributed by atoms with Gasteiger partial charge in [0.25, 0.3) is 0 Å². The van der Waals surface area contributed by atoms with Crippen LogP contribution in [-0.2, 0) is 25.7 Å². The van der Waals surface area contributed by atoms with E-state index in [4.69, 9.17) is 18.9 Å². The maximum atomic E-state index is 9.70. The molecule has 4 aromatic rings. The number of methoxy groups -OCH3 is 3. The highest BCUT2D eigenvalue weighted by Gasteiger charge is 2.22. The second kappa shape index (κ2) is 12.5. The predicted octanol–water partition coefficient (Wildman–Crippen LogP) is 6.99. The van der Waals surface area contributed by atoms with Crippen LogP contribution in [0.4, 0.5) is 0 Å². The molecule has 8 bridgehead atoms. The maximum Gasteiger partial charge on any atom is 0.126 e. The van der Waals surface area contributed by atoms with Crippen molar-refractivity contribution >= 4 is 0 Å². The van der Waals surface area contributed by atoms with Gasteiger partial charge in [-0.25, -0.2) is 0 Å². The Labute approximate surface area is 250 Å². The van der Waals surface area contributed by atoms with Crippen LogP contribution in [-0.4, -0.2) is 39.6 Å². The fourth-order valence-electron chi connectivity index (χ4n) is 6.71. The van der Waals surface area contributed by atoms with Gasteiger partial charge in [-0.05, 0) is 72.2 Å². The Kier molecular flexibility index (Phi) is 8.79. The molecule has 0 unspecified atom stereocenters. The van der Waals surface area contributed by atoms with E-state index >= 15 is 0 Å². The fraction of sp³-hybridized carbons (Fsp3) is 0.351. The lowest BCUT2D eigenvalue weighted by molar-refractivity contribution is 0.199. The van der Waals surface area contributed by atoms with Crippen molar-refractivity contribution in [1.29, 1.82) is 0 Å². The van der Waals surface area contributed by atoms with Crippen molar-refractivity contribution in [2.24, 2.45) is 0 Å². The van der Waals surface area contributed by atoms with Crippen LogP contribution in [0.2, 0.25) is 0 Å². The Bertz CT molecular complexity index is 1510. The molecular weight excluding hydrogens is 524 g/mol. The zero-order valence-electron chi connectivity index (χ0n) is 25.9. The standard InChI is InChI=1S/C37H42O5/c1-22-10-26-18-28-12-23(2)14-30(35(28)40-6)20-32-16-25(4)17-33(37(32)42-9-8-38)21-31-15-24(3)13-29(36(31)41-7)19-27(11-22)34(26)39-5/h10-17,38H,8-9,18-21H2,1-7H3. The summed E-state index contributed by atoms with van der Waals surface area (Å²) in [5.41, 5.74) is 13.6. The summed E-state index contributed by atoms with van der Waals surface area (Å²) in [5, 5.41) is 9.70. The number of rotatable bonds is 6. The highest BCUT2D eigenvalue weighted by atomic mass is 16.5. The van der Waals surface area contributed by atoms with Crippen LogP contribution < -0.4 is 18.9 Å². The van der Waals surface area contributed by atoms with E-state index in [1.807, 2.05) is 0 Å². The van der Waals surface area contributed by atoms with E-state index in [0.717, 1.165) is 73.1 Å². The summed E-state index contributed by atoms with van der Waals surface area (Å²) in [6, 6.07) is 17.7. The number of benzene rings is 4. The van der Waals surface area contributed by atoms with Gasteiger partial charge in [0.1, 0.15) is 29.6 Å². The van der Waals surface area contributed by atoms with Crippen LogP contribution in [0.25, 0.3) is 0 Å². The van der Waals surface area contributed by atoms with Gasteiger partial charge in [0.05, 0.1) is 27.9 Å². The van der Waals surface area contributed by atoms with Crippen LogP contribution in [0, 0.1) is 27.7 Å². The fourth-order valence-corrected chi connectivity index (χ4v) is 6.71. The molecule has 0 amide bonds. The zero-order chi connectivity index (χ0) is 30.0. The normalized spacial score (nSPS) is 12.6. The number of ether oxygens (including phenoxy) is 4. The molecule has 1 aliphatic rings. The summed E-state index contributed by atoms with van der Waals surface area (Å²) in [7, 11) is 5.26. The highest BCUT2D eigenvalue weighted by Crippen LogP contribution is 2.40.